The van der Waals surface area contributed by atoms with E-state index in [0.717, 1.165) is 5.56 Å². The van der Waals surface area contributed by atoms with Crippen LogP contribution < -0.4 is 5.73 Å². The Kier molecular flexibility index (Phi) is 4.26. The lowest BCUT2D eigenvalue weighted by molar-refractivity contribution is -0.124. The highest BCUT2D eigenvalue weighted by Crippen LogP contribution is 2.25. The molecule has 3 aromatic rings. The monoisotopic (exact) mass is 348 g/mol. The van der Waals surface area contributed by atoms with Crippen LogP contribution in [-0.2, 0) is 24.3 Å². The lowest BCUT2D eigenvalue weighted by Crippen LogP contribution is -2.48. The molecular weight excluding hydrogens is 328 g/mol. The lowest BCUT2D eigenvalue weighted by Gasteiger charge is -2.33. The molecule has 0 radical (unpaired) electrons. The lowest BCUT2D eigenvalue weighted by atomic mass is 9.93. The molecule has 1 aliphatic rings. The molecule has 6 heteroatoms. The Morgan fingerprint density at radius 2 is 1.88 bits per heavy atom. The van der Waals surface area contributed by atoms with E-state index in [1.165, 1.54) is 16.7 Å². The molecule has 0 saturated heterocycles. The van der Waals surface area contributed by atoms with Gasteiger partial charge in [-0.15, -0.1) is 10.2 Å². The van der Waals surface area contributed by atoms with Gasteiger partial charge in [-0.25, -0.2) is 0 Å². The molecule has 1 atom stereocenters. The van der Waals surface area contributed by atoms with E-state index in [2.05, 4.69) is 16.3 Å². The van der Waals surface area contributed by atoms with E-state index >= 15 is 0 Å². The van der Waals surface area contributed by atoms with Crippen molar-refractivity contribution in [3.63, 3.8) is 0 Å². The molecular formula is C20H20N4O2. The van der Waals surface area contributed by atoms with Crippen molar-refractivity contribution in [3.05, 3.63) is 71.1 Å². The Labute approximate surface area is 151 Å². The van der Waals surface area contributed by atoms with E-state index < -0.39 is 0 Å². The van der Waals surface area contributed by atoms with Gasteiger partial charge in [0.25, 0.3) is 0 Å². The molecule has 6 nitrogen and oxygen atoms in total. The summed E-state index contributed by atoms with van der Waals surface area (Å²) >= 11 is 0. The molecule has 1 amide bonds. The van der Waals surface area contributed by atoms with E-state index in [1.807, 2.05) is 54.3 Å². The van der Waals surface area contributed by atoms with Crippen molar-refractivity contribution in [2.75, 3.05) is 0 Å². The maximum absolute atomic E-state index is 11.9. The average Bonchev–Trinajstić information content (AvgIpc) is 3.10. The van der Waals surface area contributed by atoms with Crippen LogP contribution >= 0.6 is 0 Å². The zero-order chi connectivity index (χ0) is 18.1. The fraction of sp³-hybridized carbons (Fsp3) is 0.250. The number of nitrogens with zero attached hydrogens (tertiary/aromatic N) is 3. The third-order valence-electron chi connectivity index (χ3n) is 4.78. The van der Waals surface area contributed by atoms with Gasteiger partial charge in [0, 0.05) is 12.1 Å². The van der Waals surface area contributed by atoms with Gasteiger partial charge in [-0.1, -0.05) is 42.0 Å². The van der Waals surface area contributed by atoms with Crippen molar-refractivity contribution < 1.29 is 9.21 Å². The van der Waals surface area contributed by atoms with Gasteiger partial charge < -0.3 is 10.2 Å². The minimum atomic E-state index is -0.375. The number of amides is 1. The topological polar surface area (TPSA) is 85.3 Å². The number of rotatable bonds is 4. The van der Waals surface area contributed by atoms with E-state index in [-0.39, 0.29) is 11.9 Å². The minimum absolute atomic E-state index is 0.335. The molecule has 0 fully saturated rings. The number of hydrogen-bond donors (Lipinski definition) is 1. The van der Waals surface area contributed by atoms with Gasteiger partial charge in [0.1, 0.15) is 0 Å². The SMILES string of the molecule is Cc1ccc(-c2nnc(CN3Cc4ccccc4C[C@@H]3C(N)=O)o2)cc1. The van der Waals surface area contributed by atoms with Gasteiger partial charge in [0.05, 0.1) is 12.6 Å². The van der Waals surface area contributed by atoms with Crippen LogP contribution in [0.3, 0.4) is 0 Å². The summed E-state index contributed by atoms with van der Waals surface area (Å²) in [5, 5.41) is 8.28. The van der Waals surface area contributed by atoms with E-state index in [4.69, 9.17) is 10.2 Å². The summed E-state index contributed by atoms with van der Waals surface area (Å²) in [6.45, 7) is 3.05. The van der Waals surface area contributed by atoms with Gasteiger partial charge in [-0.05, 0) is 36.6 Å². The zero-order valence-corrected chi connectivity index (χ0v) is 14.6. The Balaban J connectivity index is 1.56. The fourth-order valence-corrected chi connectivity index (χ4v) is 3.33. The van der Waals surface area contributed by atoms with Crippen LogP contribution in [0, 0.1) is 6.92 Å². The number of aromatic nitrogens is 2. The minimum Gasteiger partial charge on any atom is -0.419 e. The summed E-state index contributed by atoms with van der Waals surface area (Å²) < 4.78 is 5.81. The van der Waals surface area contributed by atoms with Crippen LogP contribution in [0.25, 0.3) is 11.5 Å². The van der Waals surface area contributed by atoms with Gasteiger partial charge in [0.15, 0.2) is 0 Å². The van der Waals surface area contributed by atoms with Gasteiger partial charge >= 0.3 is 0 Å². The van der Waals surface area contributed by atoms with Gasteiger partial charge in [-0.2, -0.15) is 0 Å². The van der Waals surface area contributed by atoms with Crippen LogP contribution in [0.1, 0.15) is 22.6 Å². The molecule has 2 N–H and O–H groups in total. The molecule has 26 heavy (non-hydrogen) atoms. The summed E-state index contributed by atoms with van der Waals surface area (Å²) in [6, 6.07) is 15.7. The molecule has 132 valence electrons. The number of aryl methyl sites for hydroxylation is 1. The first-order valence-corrected chi connectivity index (χ1v) is 8.60. The molecule has 0 spiro atoms. The third kappa shape index (κ3) is 3.23. The number of carbonyl (C=O) groups excluding carboxylic acids is 1. The van der Waals surface area contributed by atoms with Crippen molar-refractivity contribution >= 4 is 5.91 Å². The molecule has 0 aliphatic carbocycles. The summed E-state index contributed by atoms with van der Waals surface area (Å²) in [5.41, 5.74) is 10.0. The van der Waals surface area contributed by atoms with Gasteiger partial charge in [0.2, 0.25) is 17.7 Å². The predicted octanol–water partition coefficient (Wildman–Crippen LogP) is 2.46. The molecule has 0 unspecified atom stereocenters. The number of benzene rings is 2. The van der Waals surface area contributed by atoms with Crippen LogP contribution in [0.15, 0.2) is 52.9 Å². The highest BCUT2D eigenvalue weighted by atomic mass is 16.4. The van der Waals surface area contributed by atoms with E-state index in [1.54, 1.807) is 0 Å². The Bertz CT molecular complexity index is 933. The highest BCUT2D eigenvalue weighted by Gasteiger charge is 2.31. The first-order chi connectivity index (χ1) is 12.6. The smallest absolute Gasteiger partial charge is 0.247 e. The Hall–Kier alpha value is -2.99. The van der Waals surface area contributed by atoms with Crippen LogP contribution in [0.5, 0.6) is 0 Å². The van der Waals surface area contributed by atoms with Gasteiger partial charge in [-0.3, -0.25) is 9.69 Å². The van der Waals surface area contributed by atoms with E-state index in [9.17, 15) is 4.79 Å². The molecule has 1 aliphatic heterocycles. The summed E-state index contributed by atoms with van der Waals surface area (Å²) in [7, 11) is 0. The van der Waals surface area contributed by atoms with Crippen LogP contribution in [0.4, 0.5) is 0 Å². The number of nitrogens with two attached hydrogens (primary N) is 1. The second-order valence-electron chi connectivity index (χ2n) is 6.66. The quantitative estimate of drug-likeness (QED) is 0.783. The van der Waals surface area contributed by atoms with Crippen molar-refractivity contribution in [1.29, 1.82) is 0 Å². The largest absolute Gasteiger partial charge is 0.419 e. The molecule has 0 saturated carbocycles. The number of fused-ring (bicyclic) bond motifs is 1. The summed E-state index contributed by atoms with van der Waals surface area (Å²) in [5.74, 6) is 0.622. The van der Waals surface area contributed by atoms with E-state index in [0.29, 0.717) is 31.3 Å². The fourth-order valence-electron chi connectivity index (χ4n) is 3.33. The number of carbonyl (C=O) groups is 1. The van der Waals surface area contributed by atoms with Crippen LogP contribution in [0.2, 0.25) is 0 Å². The molecule has 0 bridgehead atoms. The van der Waals surface area contributed by atoms with Crippen molar-refractivity contribution in [2.24, 2.45) is 5.73 Å². The second-order valence-corrected chi connectivity index (χ2v) is 6.66. The summed E-state index contributed by atoms with van der Waals surface area (Å²) in [6.07, 6.45) is 0.602. The Morgan fingerprint density at radius 1 is 1.15 bits per heavy atom. The maximum atomic E-state index is 11.9. The van der Waals surface area contributed by atoms with Crippen molar-refractivity contribution in [2.45, 2.75) is 32.5 Å². The third-order valence-corrected chi connectivity index (χ3v) is 4.78. The second kappa shape index (κ2) is 6.72. The molecule has 2 heterocycles. The molecule has 4 rings (SSSR count). The normalized spacial score (nSPS) is 17.0. The van der Waals surface area contributed by atoms with Crippen LogP contribution in [-0.4, -0.2) is 27.0 Å². The first-order valence-electron chi connectivity index (χ1n) is 8.60. The van der Waals surface area contributed by atoms with Crippen molar-refractivity contribution in [3.8, 4) is 11.5 Å². The maximum Gasteiger partial charge on any atom is 0.247 e. The Morgan fingerprint density at radius 3 is 2.62 bits per heavy atom. The highest BCUT2D eigenvalue weighted by molar-refractivity contribution is 5.80. The standard InChI is InChI=1S/C20H20N4O2/c1-13-6-8-14(9-7-13)20-23-22-18(26-20)12-24-11-16-5-3-2-4-15(16)10-17(24)19(21)25/h2-9,17H,10-12H2,1H3,(H2,21,25)/t17-/m1/s1. The number of primary amides is 1. The predicted molar refractivity (Wildman–Crippen MR) is 96.8 cm³/mol. The molecule has 2 aromatic carbocycles. The average molecular weight is 348 g/mol. The van der Waals surface area contributed by atoms with Crippen molar-refractivity contribution in [1.82, 2.24) is 15.1 Å². The molecule has 1 aromatic heterocycles. The number of hydrogen-bond acceptors (Lipinski definition) is 5. The zero-order valence-electron chi connectivity index (χ0n) is 14.6. The summed E-state index contributed by atoms with van der Waals surface area (Å²) in [4.78, 5) is 13.9. The first kappa shape index (κ1) is 16.5.